The largest absolute Gasteiger partial charge is 0.496 e. The first-order valence-electron chi connectivity index (χ1n) is 5.54. The summed E-state index contributed by atoms with van der Waals surface area (Å²) in [5.41, 5.74) is 1.65. The van der Waals surface area contributed by atoms with E-state index in [4.69, 9.17) is 4.74 Å². The SMILES string of the molecule is CC[C@H](C)NC(=O)c1ccc(OC)c(C)c1. The summed E-state index contributed by atoms with van der Waals surface area (Å²) in [5, 5.41) is 2.93. The first-order chi connectivity index (χ1) is 7.58. The number of carbonyl (C=O) groups is 1. The molecule has 1 N–H and O–H groups in total. The number of aryl methyl sites for hydroxylation is 1. The highest BCUT2D eigenvalue weighted by Crippen LogP contribution is 2.18. The Bertz CT molecular complexity index is 374. The zero-order valence-electron chi connectivity index (χ0n) is 10.3. The van der Waals surface area contributed by atoms with Gasteiger partial charge in [0.1, 0.15) is 5.75 Å². The van der Waals surface area contributed by atoms with Gasteiger partial charge in [0.25, 0.3) is 5.91 Å². The zero-order chi connectivity index (χ0) is 12.1. The highest BCUT2D eigenvalue weighted by molar-refractivity contribution is 5.94. The molecule has 0 aromatic heterocycles. The summed E-state index contributed by atoms with van der Waals surface area (Å²) in [6, 6.07) is 5.65. The van der Waals surface area contributed by atoms with Gasteiger partial charge in [0, 0.05) is 11.6 Å². The predicted octanol–water partition coefficient (Wildman–Crippen LogP) is 2.53. The summed E-state index contributed by atoms with van der Waals surface area (Å²) in [6.45, 7) is 5.97. The van der Waals surface area contributed by atoms with Gasteiger partial charge in [-0.3, -0.25) is 4.79 Å². The fraction of sp³-hybridized carbons (Fsp3) is 0.462. The number of rotatable bonds is 4. The van der Waals surface area contributed by atoms with Crippen molar-refractivity contribution in [3.8, 4) is 5.75 Å². The van der Waals surface area contributed by atoms with E-state index in [0.29, 0.717) is 5.56 Å². The van der Waals surface area contributed by atoms with Crippen LogP contribution >= 0.6 is 0 Å². The molecular formula is C13H19NO2. The van der Waals surface area contributed by atoms with Gasteiger partial charge in [-0.2, -0.15) is 0 Å². The lowest BCUT2D eigenvalue weighted by Crippen LogP contribution is -2.31. The number of benzene rings is 1. The number of ether oxygens (including phenoxy) is 1. The summed E-state index contributed by atoms with van der Waals surface area (Å²) in [4.78, 5) is 11.8. The first-order valence-corrected chi connectivity index (χ1v) is 5.54. The van der Waals surface area contributed by atoms with Crippen LogP contribution in [0, 0.1) is 6.92 Å². The standard InChI is InChI=1S/C13H19NO2/c1-5-10(3)14-13(15)11-6-7-12(16-4)9(2)8-11/h6-8,10H,5H2,1-4H3,(H,14,15)/t10-/m0/s1. The molecule has 0 heterocycles. The average Bonchev–Trinajstić information content (AvgIpc) is 2.28. The van der Waals surface area contributed by atoms with Crippen LogP contribution in [0.3, 0.4) is 0 Å². The van der Waals surface area contributed by atoms with E-state index in [1.54, 1.807) is 13.2 Å². The molecule has 1 rings (SSSR count). The van der Waals surface area contributed by atoms with Crippen molar-refractivity contribution in [1.29, 1.82) is 0 Å². The second-order valence-electron chi connectivity index (χ2n) is 3.97. The van der Waals surface area contributed by atoms with Gasteiger partial charge < -0.3 is 10.1 Å². The molecule has 1 amide bonds. The molecule has 0 saturated heterocycles. The molecule has 0 saturated carbocycles. The van der Waals surface area contributed by atoms with Crippen LogP contribution in [0.2, 0.25) is 0 Å². The Balaban J connectivity index is 2.81. The summed E-state index contributed by atoms with van der Waals surface area (Å²) in [5.74, 6) is 0.778. The summed E-state index contributed by atoms with van der Waals surface area (Å²) in [6.07, 6.45) is 0.931. The molecule has 3 heteroatoms. The maximum atomic E-state index is 11.8. The highest BCUT2D eigenvalue weighted by Gasteiger charge is 2.09. The third-order valence-corrected chi connectivity index (χ3v) is 2.65. The van der Waals surface area contributed by atoms with E-state index in [-0.39, 0.29) is 11.9 Å². The number of nitrogens with one attached hydrogen (secondary N) is 1. The fourth-order valence-electron chi connectivity index (χ4n) is 1.43. The Hall–Kier alpha value is -1.51. The number of carbonyl (C=O) groups excluding carboxylic acids is 1. The Kier molecular flexibility index (Phi) is 4.35. The van der Waals surface area contributed by atoms with E-state index in [9.17, 15) is 4.79 Å². The summed E-state index contributed by atoms with van der Waals surface area (Å²) < 4.78 is 5.15. The number of hydrogen-bond donors (Lipinski definition) is 1. The Morgan fingerprint density at radius 2 is 2.19 bits per heavy atom. The quantitative estimate of drug-likeness (QED) is 0.848. The van der Waals surface area contributed by atoms with E-state index in [1.165, 1.54) is 0 Å². The lowest BCUT2D eigenvalue weighted by atomic mass is 10.1. The Morgan fingerprint density at radius 3 is 2.69 bits per heavy atom. The highest BCUT2D eigenvalue weighted by atomic mass is 16.5. The van der Waals surface area contributed by atoms with Crippen LogP contribution in [-0.2, 0) is 0 Å². The van der Waals surface area contributed by atoms with Crippen LogP contribution in [0.1, 0.15) is 36.2 Å². The van der Waals surface area contributed by atoms with Crippen molar-refractivity contribution in [2.75, 3.05) is 7.11 Å². The minimum Gasteiger partial charge on any atom is -0.496 e. The zero-order valence-corrected chi connectivity index (χ0v) is 10.3. The maximum absolute atomic E-state index is 11.8. The maximum Gasteiger partial charge on any atom is 0.251 e. The topological polar surface area (TPSA) is 38.3 Å². The van der Waals surface area contributed by atoms with Crippen LogP contribution in [-0.4, -0.2) is 19.1 Å². The lowest BCUT2D eigenvalue weighted by Gasteiger charge is -2.12. The molecule has 0 aliphatic rings. The molecular weight excluding hydrogens is 202 g/mol. The molecule has 0 bridgehead atoms. The van der Waals surface area contributed by atoms with Gasteiger partial charge in [0.15, 0.2) is 0 Å². The van der Waals surface area contributed by atoms with Crippen LogP contribution in [0.15, 0.2) is 18.2 Å². The Labute approximate surface area is 96.8 Å². The van der Waals surface area contributed by atoms with Gasteiger partial charge in [-0.25, -0.2) is 0 Å². The Morgan fingerprint density at radius 1 is 1.50 bits per heavy atom. The van der Waals surface area contributed by atoms with Gasteiger partial charge in [-0.15, -0.1) is 0 Å². The van der Waals surface area contributed by atoms with Crippen molar-refractivity contribution in [1.82, 2.24) is 5.32 Å². The van der Waals surface area contributed by atoms with Crippen LogP contribution in [0.25, 0.3) is 0 Å². The monoisotopic (exact) mass is 221 g/mol. The molecule has 0 fully saturated rings. The molecule has 1 aromatic rings. The minimum atomic E-state index is -0.0277. The minimum absolute atomic E-state index is 0.0277. The molecule has 0 radical (unpaired) electrons. The van der Waals surface area contributed by atoms with Gasteiger partial charge in [-0.05, 0) is 44.0 Å². The van der Waals surface area contributed by atoms with Crippen molar-refractivity contribution >= 4 is 5.91 Å². The van der Waals surface area contributed by atoms with E-state index in [1.807, 2.05) is 32.9 Å². The summed E-state index contributed by atoms with van der Waals surface area (Å²) >= 11 is 0. The molecule has 3 nitrogen and oxygen atoms in total. The lowest BCUT2D eigenvalue weighted by molar-refractivity contribution is 0.0939. The third kappa shape index (κ3) is 2.99. The molecule has 16 heavy (non-hydrogen) atoms. The van der Waals surface area contributed by atoms with E-state index in [2.05, 4.69) is 5.32 Å². The van der Waals surface area contributed by atoms with E-state index in [0.717, 1.165) is 17.7 Å². The van der Waals surface area contributed by atoms with Crippen molar-refractivity contribution in [3.05, 3.63) is 29.3 Å². The second kappa shape index (κ2) is 5.54. The molecule has 1 aromatic carbocycles. The fourth-order valence-corrected chi connectivity index (χ4v) is 1.43. The smallest absolute Gasteiger partial charge is 0.251 e. The molecule has 88 valence electrons. The van der Waals surface area contributed by atoms with Gasteiger partial charge in [0.05, 0.1) is 7.11 Å². The van der Waals surface area contributed by atoms with Crippen LogP contribution in [0.4, 0.5) is 0 Å². The van der Waals surface area contributed by atoms with Crippen molar-refractivity contribution < 1.29 is 9.53 Å². The van der Waals surface area contributed by atoms with Crippen molar-refractivity contribution in [2.45, 2.75) is 33.2 Å². The number of methoxy groups -OCH3 is 1. The van der Waals surface area contributed by atoms with E-state index < -0.39 is 0 Å². The van der Waals surface area contributed by atoms with Crippen molar-refractivity contribution in [2.24, 2.45) is 0 Å². The van der Waals surface area contributed by atoms with Gasteiger partial charge in [-0.1, -0.05) is 6.92 Å². The first kappa shape index (κ1) is 12.6. The van der Waals surface area contributed by atoms with Crippen LogP contribution in [0.5, 0.6) is 5.75 Å². The predicted molar refractivity (Wildman–Crippen MR) is 65.0 cm³/mol. The number of hydrogen-bond acceptors (Lipinski definition) is 2. The van der Waals surface area contributed by atoms with E-state index >= 15 is 0 Å². The number of amides is 1. The average molecular weight is 221 g/mol. The molecule has 0 unspecified atom stereocenters. The summed E-state index contributed by atoms with van der Waals surface area (Å²) in [7, 11) is 1.63. The van der Waals surface area contributed by atoms with Crippen LogP contribution < -0.4 is 10.1 Å². The molecule has 0 spiro atoms. The third-order valence-electron chi connectivity index (χ3n) is 2.65. The van der Waals surface area contributed by atoms with Gasteiger partial charge in [0.2, 0.25) is 0 Å². The molecule has 1 atom stereocenters. The van der Waals surface area contributed by atoms with Crippen molar-refractivity contribution in [3.63, 3.8) is 0 Å². The molecule has 0 aliphatic heterocycles. The second-order valence-corrected chi connectivity index (χ2v) is 3.97. The van der Waals surface area contributed by atoms with Gasteiger partial charge >= 0.3 is 0 Å². The molecule has 0 aliphatic carbocycles. The normalized spacial score (nSPS) is 12.0.